The van der Waals surface area contributed by atoms with Crippen LogP contribution in [-0.2, 0) is 25.5 Å². The molecule has 4 rings (SSSR count). The highest BCUT2D eigenvalue weighted by Crippen LogP contribution is 2.28. The topological polar surface area (TPSA) is 105 Å². The van der Waals surface area contributed by atoms with Gasteiger partial charge in [-0.3, -0.25) is 14.4 Å². The van der Waals surface area contributed by atoms with Crippen molar-refractivity contribution in [3.8, 4) is 5.75 Å². The number of amides is 2. The molecule has 0 aliphatic heterocycles. The molecule has 0 bridgehead atoms. The van der Waals surface area contributed by atoms with Crippen molar-refractivity contribution in [3.05, 3.63) is 77.4 Å². The number of halogens is 4. The van der Waals surface area contributed by atoms with E-state index < -0.39 is 77.7 Å². The lowest BCUT2D eigenvalue weighted by Crippen LogP contribution is -2.57. The summed E-state index contributed by atoms with van der Waals surface area (Å²) in [6.45, 7) is 5.46. The van der Waals surface area contributed by atoms with Crippen LogP contribution >= 0.6 is 0 Å². The summed E-state index contributed by atoms with van der Waals surface area (Å²) < 4.78 is 66.2. The minimum atomic E-state index is -1.81. The van der Waals surface area contributed by atoms with E-state index >= 15 is 0 Å². The first-order valence-electron chi connectivity index (χ1n) is 16.1. The van der Waals surface area contributed by atoms with Gasteiger partial charge in [0.2, 0.25) is 23.4 Å². The zero-order valence-corrected chi connectivity index (χ0v) is 27.5. The molecular formula is C36H42F4N2O6. The Labute approximate surface area is 277 Å². The molecule has 0 radical (unpaired) electrons. The number of nitrogens with zero attached hydrogens (tertiary/aromatic N) is 1. The number of fused-ring (bicyclic) bond motifs is 1. The molecule has 12 heteroatoms. The number of carbonyl (C=O) groups is 3. The van der Waals surface area contributed by atoms with Crippen LogP contribution in [0.1, 0.15) is 71.8 Å². The van der Waals surface area contributed by atoms with Gasteiger partial charge < -0.3 is 24.8 Å². The second-order valence-electron chi connectivity index (χ2n) is 13.2. The summed E-state index contributed by atoms with van der Waals surface area (Å²) in [4.78, 5) is 42.2. The first kappa shape index (κ1) is 36.6. The van der Waals surface area contributed by atoms with E-state index in [9.17, 15) is 37.1 Å². The SMILES string of the molecule is C[C@@H](C(=O)N[C@@H](CC(=O)OC(C)(C)C)C(O)COc1c(F)c(F)cc(F)c1F)N(C(=O)Cc1cccc2ccccc12)C1CCCCC1. The van der Waals surface area contributed by atoms with Crippen LogP contribution in [-0.4, -0.2) is 64.2 Å². The van der Waals surface area contributed by atoms with Crippen molar-refractivity contribution in [3.63, 3.8) is 0 Å². The summed E-state index contributed by atoms with van der Waals surface area (Å²) in [7, 11) is 0. The number of hydrogen-bond donors (Lipinski definition) is 2. The molecule has 2 N–H and O–H groups in total. The smallest absolute Gasteiger partial charge is 0.308 e. The third-order valence-electron chi connectivity index (χ3n) is 8.34. The Hall–Kier alpha value is -4.19. The zero-order valence-electron chi connectivity index (χ0n) is 27.5. The second kappa shape index (κ2) is 15.8. The molecule has 1 saturated carbocycles. The first-order chi connectivity index (χ1) is 22.7. The predicted molar refractivity (Wildman–Crippen MR) is 171 cm³/mol. The quantitative estimate of drug-likeness (QED) is 0.136. The van der Waals surface area contributed by atoms with E-state index in [2.05, 4.69) is 5.32 Å². The van der Waals surface area contributed by atoms with Gasteiger partial charge in [-0.25, -0.2) is 8.78 Å². The molecule has 0 saturated heterocycles. The molecule has 0 aromatic heterocycles. The highest BCUT2D eigenvalue weighted by atomic mass is 19.2. The fraction of sp³-hybridized carbons (Fsp3) is 0.472. The molecule has 48 heavy (non-hydrogen) atoms. The van der Waals surface area contributed by atoms with Crippen LogP contribution in [0.3, 0.4) is 0 Å². The summed E-state index contributed by atoms with van der Waals surface area (Å²) in [5, 5.41) is 15.5. The van der Waals surface area contributed by atoms with Gasteiger partial charge in [0, 0.05) is 12.1 Å². The molecule has 0 spiro atoms. The van der Waals surface area contributed by atoms with Crippen molar-refractivity contribution < 1.29 is 46.5 Å². The van der Waals surface area contributed by atoms with E-state index in [1.165, 1.54) is 0 Å². The van der Waals surface area contributed by atoms with Gasteiger partial charge in [-0.1, -0.05) is 61.7 Å². The fourth-order valence-electron chi connectivity index (χ4n) is 6.03. The number of rotatable bonds is 12. The summed E-state index contributed by atoms with van der Waals surface area (Å²) >= 11 is 0. The average molecular weight is 675 g/mol. The number of benzene rings is 3. The van der Waals surface area contributed by atoms with Crippen LogP contribution in [0.2, 0.25) is 0 Å². The molecule has 0 heterocycles. The lowest BCUT2D eigenvalue weighted by atomic mass is 9.92. The maximum absolute atomic E-state index is 14.2. The third-order valence-corrected chi connectivity index (χ3v) is 8.34. The monoisotopic (exact) mass is 674 g/mol. The summed E-state index contributed by atoms with van der Waals surface area (Å²) in [5.41, 5.74) is -0.118. The van der Waals surface area contributed by atoms with Crippen LogP contribution in [0.5, 0.6) is 5.75 Å². The van der Waals surface area contributed by atoms with Crippen molar-refractivity contribution in [1.82, 2.24) is 10.2 Å². The molecule has 8 nitrogen and oxygen atoms in total. The Bertz CT molecular complexity index is 1590. The normalized spacial score (nSPS) is 15.8. The van der Waals surface area contributed by atoms with Crippen LogP contribution in [0.15, 0.2) is 48.5 Å². The summed E-state index contributed by atoms with van der Waals surface area (Å²) in [5.74, 6) is -10.2. The first-order valence-corrected chi connectivity index (χ1v) is 16.1. The number of carbonyl (C=O) groups excluding carboxylic acids is 3. The number of esters is 1. The second-order valence-corrected chi connectivity index (χ2v) is 13.2. The van der Waals surface area contributed by atoms with E-state index in [0.29, 0.717) is 12.8 Å². The van der Waals surface area contributed by atoms with Gasteiger partial charge >= 0.3 is 5.97 Å². The molecule has 2 amide bonds. The van der Waals surface area contributed by atoms with Gasteiger partial charge in [-0.2, -0.15) is 8.78 Å². The maximum atomic E-state index is 14.2. The Balaban J connectivity index is 1.57. The van der Waals surface area contributed by atoms with Gasteiger partial charge in [-0.05, 0) is 56.9 Å². The van der Waals surface area contributed by atoms with Crippen molar-refractivity contribution in [2.24, 2.45) is 0 Å². The van der Waals surface area contributed by atoms with E-state index in [1.807, 2.05) is 42.5 Å². The van der Waals surface area contributed by atoms with Crippen molar-refractivity contribution in [2.75, 3.05) is 6.61 Å². The number of nitrogens with one attached hydrogen (secondary N) is 1. The van der Waals surface area contributed by atoms with Gasteiger partial charge in [0.25, 0.3) is 0 Å². The number of aliphatic hydroxyl groups is 1. The molecule has 1 aliphatic carbocycles. The standard InChI is InChI=1S/C36H42F4N2O6/c1-21(42(24-14-6-5-7-15-24)30(44)17-23-13-10-12-22-11-8-9-16-25(22)23)35(46)41-28(19-31(45)48-36(2,3)4)29(43)20-47-34-32(39)26(37)18-27(38)33(34)40/h8-13,16,18,21,24,28-29,43H,5-7,14-15,17,19-20H2,1-4H3,(H,41,46)/t21-,28-,29?/m0/s1. The zero-order chi connectivity index (χ0) is 35.2. The van der Waals surface area contributed by atoms with Crippen molar-refractivity contribution >= 4 is 28.6 Å². The van der Waals surface area contributed by atoms with Crippen LogP contribution in [0.25, 0.3) is 10.8 Å². The Morgan fingerprint density at radius 3 is 2.23 bits per heavy atom. The molecule has 1 unspecified atom stereocenters. The van der Waals surface area contributed by atoms with Crippen LogP contribution < -0.4 is 10.1 Å². The van der Waals surface area contributed by atoms with Crippen LogP contribution in [0.4, 0.5) is 17.6 Å². The minimum absolute atomic E-state index is 0.0144. The van der Waals surface area contributed by atoms with Crippen molar-refractivity contribution in [1.29, 1.82) is 0 Å². The van der Waals surface area contributed by atoms with E-state index in [-0.39, 0.29) is 24.4 Å². The van der Waals surface area contributed by atoms with Gasteiger partial charge in [-0.15, -0.1) is 0 Å². The van der Waals surface area contributed by atoms with Gasteiger partial charge in [0.05, 0.1) is 18.9 Å². The van der Waals surface area contributed by atoms with Gasteiger partial charge in [0.15, 0.2) is 17.4 Å². The number of aliphatic hydroxyl groups excluding tert-OH is 1. The molecule has 260 valence electrons. The lowest BCUT2D eigenvalue weighted by Gasteiger charge is -2.39. The highest BCUT2D eigenvalue weighted by Gasteiger charge is 2.36. The summed E-state index contributed by atoms with van der Waals surface area (Å²) in [6, 6.07) is 10.7. The molecular weight excluding hydrogens is 632 g/mol. The molecule has 1 fully saturated rings. The Morgan fingerprint density at radius 1 is 0.958 bits per heavy atom. The summed E-state index contributed by atoms with van der Waals surface area (Å²) in [6.07, 6.45) is 1.79. The lowest BCUT2D eigenvalue weighted by molar-refractivity contribution is -0.156. The number of ether oxygens (including phenoxy) is 2. The molecule has 1 aliphatic rings. The van der Waals surface area contributed by atoms with Gasteiger partial charge in [0.1, 0.15) is 24.4 Å². The average Bonchev–Trinajstić information content (AvgIpc) is 3.03. The molecule has 3 atom stereocenters. The van der Waals surface area contributed by atoms with E-state index in [4.69, 9.17) is 9.47 Å². The minimum Gasteiger partial charge on any atom is -0.485 e. The third kappa shape index (κ3) is 9.24. The van der Waals surface area contributed by atoms with E-state index in [0.717, 1.165) is 35.6 Å². The molecule has 3 aromatic carbocycles. The predicted octanol–water partition coefficient (Wildman–Crippen LogP) is 6.15. The molecule has 3 aromatic rings. The fourth-order valence-corrected chi connectivity index (χ4v) is 6.03. The van der Waals surface area contributed by atoms with E-state index in [1.54, 1.807) is 32.6 Å². The van der Waals surface area contributed by atoms with Crippen molar-refractivity contribution in [2.45, 2.75) is 102 Å². The Kier molecular flexibility index (Phi) is 12.1. The largest absolute Gasteiger partial charge is 0.485 e. The maximum Gasteiger partial charge on any atom is 0.308 e. The number of hydrogen-bond acceptors (Lipinski definition) is 6. The Morgan fingerprint density at radius 2 is 1.58 bits per heavy atom. The van der Waals surface area contributed by atoms with Crippen LogP contribution in [0, 0.1) is 23.3 Å². The highest BCUT2D eigenvalue weighted by molar-refractivity contribution is 5.93.